The van der Waals surface area contributed by atoms with Crippen molar-refractivity contribution in [3.63, 3.8) is 0 Å². The minimum absolute atomic E-state index is 0.128. The Bertz CT molecular complexity index is 767. The van der Waals surface area contributed by atoms with Gasteiger partial charge in [0, 0.05) is 23.6 Å². The van der Waals surface area contributed by atoms with E-state index in [1.807, 2.05) is 37.3 Å². The minimum Gasteiger partial charge on any atom is -0.488 e. The fourth-order valence-corrected chi connectivity index (χ4v) is 3.44. The second kappa shape index (κ2) is 6.81. The number of halogens is 2. The fraction of sp³-hybridized carbons (Fsp3) is 0.278. The van der Waals surface area contributed by atoms with Crippen LogP contribution in [0.1, 0.15) is 29.5 Å². The molecule has 0 aliphatic carbocycles. The molecule has 24 heavy (non-hydrogen) atoms. The predicted octanol–water partition coefficient (Wildman–Crippen LogP) is 4.76. The van der Waals surface area contributed by atoms with Gasteiger partial charge in [0.25, 0.3) is 0 Å². The van der Waals surface area contributed by atoms with E-state index in [9.17, 15) is 14.3 Å². The molecule has 0 bridgehead atoms. The molecule has 2 aromatic carbocycles. The summed E-state index contributed by atoms with van der Waals surface area (Å²) < 4.78 is 20.8. The van der Waals surface area contributed by atoms with Crippen LogP contribution in [0.15, 0.2) is 40.9 Å². The summed E-state index contributed by atoms with van der Waals surface area (Å²) in [5, 5.41) is 9.29. The summed E-state index contributed by atoms with van der Waals surface area (Å²) in [4.78, 5) is 12.6. The molecule has 0 fully saturated rings. The Hall–Kier alpha value is -2.08. The molecule has 1 aliphatic heterocycles. The second-order valence-electron chi connectivity index (χ2n) is 5.90. The molecule has 4 nitrogen and oxygen atoms in total. The van der Waals surface area contributed by atoms with Crippen LogP contribution in [0.4, 0.5) is 9.18 Å². The van der Waals surface area contributed by atoms with Crippen LogP contribution in [0, 0.1) is 5.82 Å². The van der Waals surface area contributed by atoms with E-state index < -0.39 is 6.09 Å². The summed E-state index contributed by atoms with van der Waals surface area (Å²) in [5.41, 5.74) is 2.13. The lowest BCUT2D eigenvalue weighted by molar-refractivity contribution is 0.134. The van der Waals surface area contributed by atoms with Gasteiger partial charge in [0.1, 0.15) is 18.2 Å². The largest absolute Gasteiger partial charge is 0.488 e. The van der Waals surface area contributed by atoms with Crippen LogP contribution in [0.2, 0.25) is 0 Å². The van der Waals surface area contributed by atoms with Crippen molar-refractivity contribution in [2.45, 2.75) is 26.0 Å². The first-order valence-electron chi connectivity index (χ1n) is 7.62. The number of carboxylic acid groups (broad SMARTS) is 1. The van der Waals surface area contributed by atoms with Gasteiger partial charge in [-0.15, -0.1) is 0 Å². The van der Waals surface area contributed by atoms with Crippen molar-refractivity contribution in [1.29, 1.82) is 0 Å². The zero-order chi connectivity index (χ0) is 17.3. The first-order valence-corrected chi connectivity index (χ1v) is 8.42. The summed E-state index contributed by atoms with van der Waals surface area (Å²) in [7, 11) is 0. The SMILES string of the molecule is CC1CN(C(=O)O)Cc2c(OCc3ccccc3)cc(Br)c(F)c21. The zero-order valence-corrected chi connectivity index (χ0v) is 14.7. The van der Waals surface area contributed by atoms with E-state index >= 15 is 0 Å². The third kappa shape index (κ3) is 3.24. The van der Waals surface area contributed by atoms with Crippen LogP contribution in [0.25, 0.3) is 0 Å². The minimum atomic E-state index is -1.01. The molecule has 0 radical (unpaired) electrons. The molecule has 1 unspecified atom stereocenters. The van der Waals surface area contributed by atoms with Gasteiger partial charge in [0.2, 0.25) is 0 Å². The van der Waals surface area contributed by atoms with Crippen molar-refractivity contribution in [3.8, 4) is 5.75 Å². The third-order valence-electron chi connectivity index (χ3n) is 4.17. The first kappa shape index (κ1) is 16.8. The first-order chi connectivity index (χ1) is 11.5. The molecule has 1 heterocycles. The lowest BCUT2D eigenvalue weighted by Gasteiger charge is -2.32. The van der Waals surface area contributed by atoms with Crippen molar-refractivity contribution >= 4 is 22.0 Å². The lowest BCUT2D eigenvalue weighted by Crippen LogP contribution is -2.37. The highest BCUT2D eigenvalue weighted by molar-refractivity contribution is 9.10. The summed E-state index contributed by atoms with van der Waals surface area (Å²) in [6.07, 6.45) is -1.01. The van der Waals surface area contributed by atoms with Crippen molar-refractivity contribution < 1.29 is 19.0 Å². The van der Waals surface area contributed by atoms with E-state index in [0.29, 0.717) is 28.0 Å². The summed E-state index contributed by atoms with van der Waals surface area (Å²) in [6.45, 7) is 2.56. The Kier molecular flexibility index (Phi) is 4.76. The number of carbonyl (C=O) groups is 1. The van der Waals surface area contributed by atoms with Crippen molar-refractivity contribution in [2.24, 2.45) is 0 Å². The van der Waals surface area contributed by atoms with Crippen molar-refractivity contribution in [1.82, 2.24) is 4.90 Å². The standard InChI is InChI=1S/C18H17BrFNO3/c1-11-8-21(18(22)23)9-13-15(7-14(19)17(20)16(11)13)24-10-12-5-3-2-4-6-12/h2-7,11H,8-10H2,1H3,(H,22,23). The maximum atomic E-state index is 14.5. The molecule has 1 amide bonds. The molecule has 1 atom stereocenters. The van der Waals surface area contributed by atoms with Gasteiger partial charge in [-0.1, -0.05) is 37.3 Å². The number of amides is 1. The number of nitrogens with zero attached hydrogens (tertiary/aromatic N) is 1. The maximum Gasteiger partial charge on any atom is 0.407 e. The third-order valence-corrected chi connectivity index (χ3v) is 4.75. The van der Waals surface area contributed by atoms with E-state index in [-0.39, 0.29) is 24.8 Å². The molecule has 0 saturated carbocycles. The van der Waals surface area contributed by atoms with Gasteiger partial charge in [0.15, 0.2) is 0 Å². The molecule has 1 N–H and O–H groups in total. The van der Waals surface area contributed by atoms with Gasteiger partial charge in [-0.05, 0) is 27.6 Å². The molecular weight excluding hydrogens is 377 g/mol. The molecule has 6 heteroatoms. The normalized spacial score (nSPS) is 16.6. The molecule has 0 saturated heterocycles. The van der Waals surface area contributed by atoms with Gasteiger partial charge in [-0.3, -0.25) is 0 Å². The van der Waals surface area contributed by atoms with Crippen LogP contribution in [-0.4, -0.2) is 22.6 Å². The van der Waals surface area contributed by atoms with E-state index in [0.717, 1.165) is 5.56 Å². The van der Waals surface area contributed by atoms with Crippen LogP contribution >= 0.6 is 15.9 Å². The predicted molar refractivity (Wildman–Crippen MR) is 91.7 cm³/mol. The van der Waals surface area contributed by atoms with Crippen LogP contribution in [0.3, 0.4) is 0 Å². The Morgan fingerprint density at radius 3 is 2.79 bits per heavy atom. The number of ether oxygens (including phenoxy) is 1. The second-order valence-corrected chi connectivity index (χ2v) is 6.76. The van der Waals surface area contributed by atoms with Crippen molar-refractivity contribution in [3.05, 3.63) is 63.4 Å². The summed E-state index contributed by atoms with van der Waals surface area (Å²) in [6, 6.07) is 11.2. The van der Waals surface area contributed by atoms with Gasteiger partial charge in [0.05, 0.1) is 11.0 Å². The number of rotatable bonds is 3. The lowest BCUT2D eigenvalue weighted by atomic mass is 9.90. The number of fused-ring (bicyclic) bond motifs is 1. The molecule has 2 aromatic rings. The molecule has 0 aromatic heterocycles. The summed E-state index contributed by atoms with van der Waals surface area (Å²) >= 11 is 3.24. The van der Waals surface area contributed by atoms with Crippen LogP contribution in [-0.2, 0) is 13.2 Å². The van der Waals surface area contributed by atoms with Gasteiger partial charge < -0.3 is 14.7 Å². The average Bonchev–Trinajstić information content (AvgIpc) is 2.57. The highest BCUT2D eigenvalue weighted by atomic mass is 79.9. The Balaban J connectivity index is 1.96. The summed E-state index contributed by atoms with van der Waals surface area (Å²) in [5.74, 6) is -0.0593. The Labute approximate surface area is 148 Å². The molecule has 126 valence electrons. The van der Waals surface area contributed by atoms with E-state index in [1.54, 1.807) is 6.07 Å². The van der Waals surface area contributed by atoms with Crippen LogP contribution in [0.5, 0.6) is 5.75 Å². The average molecular weight is 394 g/mol. The fourth-order valence-electron chi connectivity index (χ4n) is 3.02. The monoisotopic (exact) mass is 393 g/mol. The molecule has 1 aliphatic rings. The quantitative estimate of drug-likeness (QED) is 0.817. The number of benzene rings is 2. The van der Waals surface area contributed by atoms with Crippen molar-refractivity contribution in [2.75, 3.05) is 6.54 Å². The van der Waals surface area contributed by atoms with Gasteiger partial charge >= 0.3 is 6.09 Å². The van der Waals surface area contributed by atoms with E-state index in [2.05, 4.69) is 15.9 Å². The molecular formula is C18H17BrFNO3. The Morgan fingerprint density at radius 1 is 1.42 bits per heavy atom. The van der Waals surface area contributed by atoms with Crippen LogP contribution < -0.4 is 4.74 Å². The Morgan fingerprint density at radius 2 is 2.12 bits per heavy atom. The number of hydrogen-bond donors (Lipinski definition) is 1. The molecule has 0 spiro atoms. The van der Waals surface area contributed by atoms with Gasteiger partial charge in [-0.2, -0.15) is 0 Å². The highest BCUT2D eigenvalue weighted by Crippen LogP contribution is 2.39. The van der Waals surface area contributed by atoms with E-state index in [4.69, 9.17) is 4.74 Å². The maximum absolute atomic E-state index is 14.5. The molecule has 3 rings (SSSR count). The number of hydrogen-bond acceptors (Lipinski definition) is 2. The van der Waals surface area contributed by atoms with E-state index in [1.165, 1.54) is 4.90 Å². The van der Waals surface area contributed by atoms with Gasteiger partial charge in [-0.25, -0.2) is 9.18 Å². The highest BCUT2D eigenvalue weighted by Gasteiger charge is 2.31. The topological polar surface area (TPSA) is 49.8 Å². The smallest absolute Gasteiger partial charge is 0.407 e. The zero-order valence-electron chi connectivity index (χ0n) is 13.1.